The molecule has 0 aliphatic rings. The number of ketones is 1. The van der Waals surface area contributed by atoms with Crippen molar-refractivity contribution >= 4 is 40.0 Å². The second kappa shape index (κ2) is 9.79. The lowest BCUT2D eigenvalue weighted by molar-refractivity contribution is -0.113. The normalized spacial score (nSPS) is 10.8. The van der Waals surface area contributed by atoms with Crippen molar-refractivity contribution in [2.75, 3.05) is 11.1 Å². The molecule has 0 saturated carbocycles. The summed E-state index contributed by atoms with van der Waals surface area (Å²) in [5.41, 5.74) is 2.06. The number of hydrogen-bond acceptors (Lipinski definition) is 5. The first-order chi connectivity index (χ1) is 15.9. The van der Waals surface area contributed by atoms with E-state index in [9.17, 15) is 18.8 Å². The zero-order chi connectivity index (χ0) is 23.4. The minimum absolute atomic E-state index is 0.0124. The largest absolute Gasteiger partial charge is 0.325 e. The molecule has 0 aliphatic carbocycles. The molecule has 166 valence electrons. The van der Waals surface area contributed by atoms with Crippen LogP contribution in [0, 0.1) is 5.82 Å². The van der Waals surface area contributed by atoms with Crippen LogP contribution in [-0.2, 0) is 11.3 Å². The summed E-state index contributed by atoms with van der Waals surface area (Å²) in [6.45, 7) is 1.66. The number of aromatic nitrogens is 2. The predicted molar refractivity (Wildman–Crippen MR) is 127 cm³/mol. The molecule has 6 nitrogen and oxygen atoms in total. The van der Waals surface area contributed by atoms with Gasteiger partial charge < -0.3 is 5.32 Å². The first kappa shape index (κ1) is 22.4. The highest BCUT2D eigenvalue weighted by atomic mass is 32.2. The number of halogens is 1. The molecular weight excluding hydrogens is 441 g/mol. The van der Waals surface area contributed by atoms with Crippen LogP contribution in [0.25, 0.3) is 10.9 Å². The summed E-state index contributed by atoms with van der Waals surface area (Å²) in [6, 6.07) is 19.6. The van der Waals surface area contributed by atoms with E-state index in [4.69, 9.17) is 0 Å². The number of nitrogens with zero attached hydrogens (tertiary/aromatic N) is 2. The highest BCUT2D eigenvalue weighted by molar-refractivity contribution is 7.99. The number of carbonyl (C=O) groups is 2. The van der Waals surface area contributed by atoms with Crippen LogP contribution in [0.1, 0.15) is 22.8 Å². The van der Waals surface area contributed by atoms with Crippen LogP contribution in [-0.4, -0.2) is 27.0 Å². The van der Waals surface area contributed by atoms with E-state index in [1.54, 1.807) is 60.7 Å². The molecule has 0 atom stereocenters. The van der Waals surface area contributed by atoms with Gasteiger partial charge in [0.05, 0.1) is 23.2 Å². The van der Waals surface area contributed by atoms with Gasteiger partial charge in [-0.3, -0.25) is 19.0 Å². The second-order valence-electron chi connectivity index (χ2n) is 7.40. The molecule has 0 unspecified atom stereocenters. The number of Topliss-reactive ketones (excluding diaryl/α,β-unsaturated/α-hetero) is 1. The Hall–Kier alpha value is -3.78. The van der Waals surface area contributed by atoms with Crippen molar-refractivity contribution in [3.05, 3.63) is 100 Å². The van der Waals surface area contributed by atoms with E-state index < -0.39 is 0 Å². The summed E-state index contributed by atoms with van der Waals surface area (Å²) in [7, 11) is 0. The van der Waals surface area contributed by atoms with Crippen molar-refractivity contribution in [3.63, 3.8) is 0 Å². The first-order valence-electron chi connectivity index (χ1n) is 10.2. The zero-order valence-electron chi connectivity index (χ0n) is 17.7. The Morgan fingerprint density at radius 1 is 1.03 bits per heavy atom. The van der Waals surface area contributed by atoms with Crippen LogP contribution >= 0.6 is 11.8 Å². The minimum atomic E-state index is -0.358. The summed E-state index contributed by atoms with van der Waals surface area (Å²) in [5, 5.41) is 3.62. The molecule has 0 bridgehead atoms. The SMILES string of the molecule is CC(=O)c1cccc(NC(=O)CSc2nc3ccccc3c(=O)n2Cc2ccc(F)cc2)c1. The molecule has 1 N–H and O–H groups in total. The number of fused-ring (bicyclic) bond motifs is 1. The second-order valence-corrected chi connectivity index (χ2v) is 8.35. The maximum absolute atomic E-state index is 13.3. The van der Waals surface area contributed by atoms with E-state index in [1.807, 2.05) is 0 Å². The molecule has 8 heteroatoms. The molecule has 3 aromatic carbocycles. The number of nitrogens with one attached hydrogen (secondary N) is 1. The lowest BCUT2D eigenvalue weighted by Crippen LogP contribution is -2.25. The topological polar surface area (TPSA) is 81.1 Å². The van der Waals surface area contributed by atoms with Gasteiger partial charge in [0.15, 0.2) is 10.9 Å². The third-order valence-electron chi connectivity index (χ3n) is 4.97. The number of thioether (sulfide) groups is 1. The van der Waals surface area contributed by atoms with Gasteiger partial charge in [0.2, 0.25) is 5.91 Å². The van der Waals surface area contributed by atoms with Crippen molar-refractivity contribution in [3.8, 4) is 0 Å². The van der Waals surface area contributed by atoms with Gasteiger partial charge in [-0.25, -0.2) is 9.37 Å². The van der Waals surface area contributed by atoms with Gasteiger partial charge in [0.1, 0.15) is 5.82 Å². The quantitative estimate of drug-likeness (QED) is 0.249. The fourth-order valence-corrected chi connectivity index (χ4v) is 4.11. The molecule has 0 aliphatic heterocycles. The highest BCUT2D eigenvalue weighted by Gasteiger charge is 2.14. The van der Waals surface area contributed by atoms with Crippen LogP contribution in [0.3, 0.4) is 0 Å². The van der Waals surface area contributed by atoms with Gasteiger partial charge in [-0.15, -0.1) is 0 Å². The van der Waals surface area contributed by atoms with Crippen LogP contribution in [0.5, 0.6) is 0 Å². The molecule has 0 fully saturated rings. The van der Waals surface area contributed by atoms with Gasteiger partial charge in [0.25, 0.3) is 5.56 Å². The van der Waals surface area contributed by atoms with Crippen LogP contribution in [0.15, 0.2) is 82.7 Å². The zero-order valence-corrected chi connectivity index (χ0v) is 18.6. The average Bonchev–Trinajstić information content (AvgIpc) is 2.81. The third kappa shape index (κ3) is 5.35. The van der Waals surface area contributed by atoms with E-state index in [0.717, 1.165) is 17.3 Å². The predicted octanol–water partition coefficient (Wildman–Crippen LogP) is 4.52. The first-order valence-corrected chi connectivity index (χ1v) is 11.2. The lowest BCUT2D eigenvalue weighted by Gasteiger charge is -2.13. The van der Waals surface area contributed by atoms with Gasteiger partial charge in [0, 0.05) is 11.3 Å². The molecule has 0 spiro atoms. The number of benzene rings is 3. The summed E-state index contributed by atoms with van der Waals surface area (Å²) >= 11 is 1.14. The van der Waals surface area contributed by atoms with Crippen LogP contribution < -0.4 is 10.9 Å². The fraction of sp³-hybridized carbons (Fsp3) is 0.120. The maximum Gasteiger partial charge on any atom is 0.262 e. The van der Waals surface area contributed by atoms with Crippen molar-refractivity contribution in [1.29, 1.82) is 0 Å². The minimum Gasteiger partial charge on any atom is -0.325 e. The van der Waals surface area contributed by atoms with Gasteiger partial charge in [-0.05, 0) is 48.9 Å². The standard InChI is InChI=1S/C25H20FN3O3S/c1-16(30)18-5-4-6-20(13-18)27-23(31)15-33-25-28-22-8-3-2-7-21(22)24(32)29(25)14-17-9-11-19(26)12-10-17/h2-13H,14-15H2,1H3,(H,27,31). The Kier molecular flexibility index (Phi) is 6.65. The molecule has 4 aromatic rings. The number of rotatable bonds is 7. The highest BCUT2D eigenvalue weighted by Crippen LogP contribution is 2.20. The van der Waals surface area contributed by atoms with E-state index in [-0.39, 0.29) is 35.4 Å². The Morgan fingerprint density at radius 3 is 2.55 bits per heavy atom. The maximum atomic E-state index is 13.3. The number of anilines is 1. The molecule has 0 saturated heterocycles. The smallest absolute Gasteiger partial charge is 0.262 e. The van der Waals surface area contributed by atoms with Crippen molar-refractivity contribution in [2.24, 2.45) is 0 Å². The van der Waals surface area contributed by atoms with E-state index in [1.165, 1.54) is 23.6 Å². The number of carbonyl (C=O) groups excluding carboxylic acids is 2. The Labute approximate surface area is 193 Å². The van der Waals surface area contributed by atoms with E-state index in [0.29, 0.717) is 27.3 Å². The molecule has 4 rings (SSSR count). The molecular formula is C25H20FN3O3S. The Bertz CT molecular complexity index is 1400. The number of hydrogen-bond donors (Lipinski definition) is 1. The molecule has 33 heavy (non-hydrogen) atoms. The van der Waals surface area contributed by atoms with Crippen molar-refractivity contribution in [1.82, 2.24) is 9.55 Å². The van der Waals surface area contributed by atoms with E-state index >= 15 is 0 Å². The monoisotopic (exact) mass is 461 g/mol. The summed E-state index contributed by atoms with van der Waals surface area (Å²) in [4.78, 5) is 41.9. The van der Waals surface area contributed by atoms with Crippen LogP contribution in [0.4, 0.5) is 10.1 Å². The fourth-order valence-electron chi connectivity index (χ4n) is 3.31. The summed E-state index contributed by atoms with van der Waals surface area (Å²) in [6.07, 6.45) is 0. The summed E-state index contributed by atoms with van der Waals surface area (Å²) < 4.78 is 14.8. The molecule has 0 radical (unpaired) electrons. The molecule has 1 aromatic heterocycles. The van der Waals surface area contributed by atoms with E-state index in [2.05, 4.69) is 10.3 Å². The third-order valence-corrected chi connectivity index (χ3v) is 5.94. The number of amides is 1. The van der Waals surface area contributed by atoms with Gasteiger partial charge in [-0.2, -0.15) is 0 Å². The van der Waals surface area contributed by atoms with Crippen molar-refractivity contribution < 1.29 is 14.0 Å². The van der Waals surface area contributed by atoms with Crippen molar-refractivity contribution in [2.45, 2.75) is 18.6 Å². The van der Waals surface area contributed by atoms with Crippen LogP contribution in [0.2, 0.25) is 0 Å². The molecule has 1 heterocycles. The molecule has 1 amide bonds. The average molecular weight is 462 g/mol. The number of para-hydroxylation sites is 1. The van der Waals surface area contributed by atoms with Gasteiger partial charge in [-0.1, -0.05) is 48.2 Å². The summed E-state index contributed by atoms with van der Waals surface area (Å²) in [5.74, 6) is -0.733. The Balaban J connectivity index is 1.59. The van der Waals surface area contributed by atoms with Gasteiger partial charge >= 0.3 is 0 Å². The lowest BCUT2D eigenvalue weighted by atomic mass is 10.1. The Morgan fingerprint density at radius 2 is 1.79 bits per heavy atom.